The van der Waals surface area contributed by atoms with Crippen molar-refractivity contribution in [3.8, 4) is 5.75 Å². The van der Waals surface area contributed by atoms with Gasteiger partial charge in [0.25, 0.3) is 5.91 Å². The number of fused-ring (bicyclic) bond motifs is 1. The highest BCUT2D eigenvalue weighted by Crippen LogP contribution is 2.41. The molecule has 0 saturated carbocycles. The minimum atomic E-state index is -0.442. The first-order valence-electron chi connectivity index (χ1n) is 8.36. The van der Waals surface area contributed by atoms with E-state index in [1.807, 2.05) is 6.92 Å². The van der Waals surface area contributed by atoms with Gasteiger partial charge in [-0.25, -0.2) is 0 Å². The molecule has 25 heavy (non-hydrogen) atoms. The van der Waals surface area contributed by atoms with Crippen LogP contribution in [0.2, 0.25) is 0 Å². The molecule has 1 amide bonds. The highest BCUT2D eigenvalue weighted by atomic mass is 16.6. The number of aromatic hydroxyl groups is 1. The van der Waals surface area contributed by atoms with Crippen LogP contribution in [0.5, 0.6) is 5.75 Å². The first kappa shape index (κ1) is 17.3. The zero-order valence-electron chi connectivity index (χ0n) is 14.8. The predicted octanol–water partition coefficient (Wildman–Crippen LogP) is 1.46. The largest absolute Gasteiger partial charge is 0.505 e. The molecule has 3 atom stereocenters. The average molecular weight is 345 g/mol. The van der Waals surface area contributed by atoms with E-state index in [-0.39, 0.29) is 35.1 Å². The third-order valence-corrected chi connectivity index (χ3v) is 4.50. The number of carbonyl (C=O) groups is 2. The van der Waals surface area contributed by atoms with Crippen LogP contribution < -0.4 is 10.6 Å². The fraction of sp³-hybridized carbons (Fsp3) is 0.444. The topological polar surface area (TPSA) is 94.2 Å². The van der Waals surface area contributed by atoms with Crippen molar-refractivity contribution in [2.45, 2.75) is 38.5 Å². The summed E-state index contributed by atoms with van der Waals surface area (Å²) in [5.41, 5.74) is 1.61. The van der Waals surface area contributed by atoms with Crippen LogP contribution in [-0.4, -0.2) is 54.0 Å². The van der Waals surface area contributed by atoms with Crippen LogP contribution in [0.1, 0.15) is 30.6 Å². The summed E-state index contributed by atoms with van der Waals surface area (Å²) in [4.78, 5) is 26.0. The van der Waals surface area contributed by atoms with E-state index in [0.29, 0.717) is 17.1 Å². The predicted molar refractivity (Wildman–Crippen MR) is 93.3 cm³/mol. The smallest absolute Gasteiger partial charge is 0.257 e. The first-order valence-corrected chi connectivity index (χ1v) is 8.36. The van der Waals surface area contributed by atoms with Gasteiger partial charge in [-0.1, -0.05) is 13.0 Å². The number of nitrogens with zero attached hydrogens (tertiary/aromatic N) is 1. The Kier molecular flexibility index (Phi) is 4.43. The number of amides is 1. The van der Waals surface area contributed by atoms with Gasteiger partial charge in [0.05, 0.1) is 16.9 Å². The number of phenols is 1. The normalized spacial score (nSPS) is 22.5. The molecule has 1 saturated heterocycles. The molecule has 1 fully saturated rings. The van der Waals surface area contributed by atoms with Crippen LogP contribution in [0.15, 0.2) is 29.6 Å². The van der Waals surface area contributed by atoms with Gasteiger partial charge < -0.3 is 25.4 Å². The lowest BCUT2D eigenvalue weighted by atomic mass is 10.1. The van der Waals surface area contributed by atoms with E-state index in [1.54, 1.807) is 32.3 Å². The summed E-state index contributed by atoms with van der Waals surface area (Å²) in [6, 6.07) is 5.04. The van der Waals surface area contributed by atoms with Crippen molar-refractivity contribution in [2.24, 2.45) is 0 Å². The van der Waals surface area contributed by atoms with Crippen molar-refractivity contribution >= 4 is 17.4 Å². The molecule has 0 radical (unpaired) electrons. The molecule has 1 aliphatic heterocycles. The monoisotopic (exact) mass is 345 g/mol. The van der Waals surface area contributed by atoms with Crippen molar-refractivity contribution in [3.05, 3.63) is 35.2 Å². The molecule has 1 aromatic rings. The second-order valence-electron chi connectivity index (χ2n) is 6.61. The third-order valence-electron chi connectivity index (χ3n) is 4.50. The summed E-state index contributed by atoms with van der Waals surface area (Å²) in [6.07, 6.45) is 0.223. The number of nitrogens with one attached hydrogen (secondary N) is 2. The molecule has 3 N–H and O–H groups in total. The molecule has 7 heteroatoms. The number of benzene rings is 1. The Morgan fingerprint density at radius 3 is 2.72 bits per heavy atom. The number of ether oxygens (including phenoxy) is 1. The molecular formula is C18H23N3O4. The Labute approximate surface area is 146 Å². The summed E-state index contributed by atoms with van der Waals surface area (Å²) in [5, 5.41) is 16.8. The zero-order chi connectivity index (χ0) is 18.3. The van der Waals surface area contributed by atoms with Crippen molar-refractivity contribution in [1.29, 1.82) is 0 Å². The van der Waals surface area contributed by atoms with Crippen LogP contribution in [0.25, 0.3) is 0 Å². The second kappa shape index (κ2) is 6.40. The van der Waals surface area contributed by atoms with Gasteiger partial charge in [-0.15, -0.1) is 0 Å². The van der Waals surface area contributed by atoms with Gasteiger partial charge >= 0.3 is 0 Å². The maximum absolute atomic E-state index is 12.4. The van der Waals surface area contributed by atoms with Crippen LogP contribution >= 0.6 is 0 Å². The van der Waals surface area contributed by atoms with Crippen LogP contribution in [0.4, 0.5) is 5.69 Å². The Morgan fingerprint density at radius 1 is 1.36 bits per heavy atom. The number of para-hydroxylation sites is 1. The number of carbonyl (C=O) groups excluding carboxylic acids is 2. The molecule has 0 aromatic heterocycles. The molecule has 3 rings (SSSR count). The van der Waals surface area contributed by atoms with Crippen molar-refractivity contribution in [1.82, 2.24) is 10.2 Å². The Bertz CT molecular complexity index is 757. The van der Waals surface area contributed by atoms with Gasteiger partial charge in [-0.2, -0.15) is 0 Å². The van der Waals surface area contributed by atoms with Gasteiger partial charge in [0.15, 0.2) is 11.9 Å². The van der Waals surface area contributed by atoms with Gasteiger partial charge in [0, 0.05) is 20.1 Å². The first-order chi connectivity index (χ1) is 11.8. The summed E-state index contributed by atoms with van der Waals surface area (Å²) in [6.45, 7) is 4.08. The highest BCUT2D eigenvalue weighted by molar-refractivity contribution is 6.08. The number of Topliss-reactive ketones (excluding diaryl/α,β-unsaturated/α-hetero) is 1. The SMILES string of the molecule is CC[C@H](C)NC1=C(Nc2cccc(C(=O)N(C)C)c2O)C(=O)C2OC12. The Morgan fingerprint density at radius 2 is 2.08 bits per heavy atom. The fourth-order valence-electron chi connectivity index (χ4n) is 2.79. The number of hydrogen-bond donors (Lipinski definition) is 3. The summed E-state index contributed by atoms with van der Waals surface area (Å²) in [7, 11) is 3.23. The molecule has 0 spiro atoms. The van der Waals surface area contributed by atoms with E-state index in [9.17, 15) is 14.7 Å². The Hall–Kier alpha value is -2.54. The lowest BCUT2D eigenvalue weighted by Gasteiger charge is -2.19. The molecule has 7 nitrogen and oxygen atoms in total. The van der Waals surface area contributed by atoms with E-state index < -0.39 is 6.10 Å². The summed E-state index contributed by atoms with van der Waals surface area (Å²) < 4.78 is 5.38. The minimum Gasteiger partial charge on any atom is -0.505 e. The number of rotatable bonds is 6. The van der Waals surface area contributed by atoms with E-state index >= 15 is 0 Å². The highest BCUT2D eigenvalue weighted by Gasteiger charge is 2.56. The van der Waals surface area contributed by atoms with Gasteiger partial charge in [-0.05, 0) is 25.5 Å². The maximum Gasteiger partial charge on any atom is 0.257 e. The van der Waals surface area contributed by atoms with Crippen molar-refractivity contribution < 1.29 is 19.4 Å². The number of phenolic OH excluding ortho intramolecular Hbond substituents is 1. The standard InChI is InChI=1S/C18H23N3O4/c1-5-9(2)19-13-12(15(23)17-16(13)25-17)20-11-8-6-7-10(14(11)22)18(24)21(3)4/h6-9,16-17,19-20,22H,5H2,1-4H3/t9-,16?,17?/m0/s1. The Balaban J connectivity index is 1.92. The molecule has 1 aliphatic carbocycles. The second-order valence-corrected chi connectivity index (χ2v) is 6.61. The van der Waals surface area contributed by atoms with E-state index in [1.165, 1.54) is 4.90 Å². The summed E-state index contributed by atoms with van der Waals surface area (Å²) >= 11 is 0. The lowest BCUT2D eigenvalue weighted by molar-refractivity contribution is -0.116. The molecule has 1 heterocycles. The molecule has 134 valence electrons. The number of epoxide rings is 1. The molecule has 1 aromatic carbocycles. The third kappa shape index (κ3) is 3.07. The molecule has 2 aliphatic rings. The minimum absolute atomic E-state index is 0.139. The van der Waals surface area contributed by atoms with Crippen LogP contribution in [0, 0.1) is 0 Å². The van der Waals surface area contributed by atoms with Crippen LogP contribution in [-0.2, 0) is 9.53 Å². The quantitative estimate of drug-likeness (QED) is 0.534. The van der Waals surface area contributed by atoms with Gasteiger partial charge in [0.1, 0.15) is 11.8 Å². The zero-order valence-corrected chi connectivity index (χ0v) is 14.8. The van der Waals surface area contributed by atoms with Gasteiger partial charge in [-0.3, -0.25) is 9.59 Å². The maximum atomic E-state index is 12.4. The summed E-state index contributed by atoms with van der Waals surface area (Å²) in [5.74, 6) is -0.623. The van der Waals surface area contributed by atoms with Gasteiger partial charge in [0.2, 0.25) is 5.78 Å². The average Bonchev–Trinajstić information content (AvgIpc) is 3.33. The number of anilines is 1. The van der Waals surface area contributed by atoms with E-state index in [4.69, 9.17) is 4.74 Å². The number of hydrogen-bond acceptors (Lipinski definition) is 6. The lowest BCUT2D eigenvalue weighted by Crippen LogP contribution is -2.29. The molecule has 0 bridgehead atoms. The van der Waals surface area contributed by atoms with Crippen molar-refractivity contribution in [3.63, 3.8) is 0 Å². The molecule has 2 unspecified atom stereocenters. The van der Waals surface area contributed by atoms with Crippen molar-refractivity contribution in [2.75, 3.05) is 19.4 Å². The van der Waals surface area contributed by atoms with E-state index in [2.05, 4.69) is 17.6 Å². The number of ketones is 1. The molecular weight excluding hydrogens is 322 g/mol. The van der Waals surface area contributed by atoms with Crippen LogP contribution in [0.3, 0.4) is 0 Å². The fourth-order valence-corrected chi connectivity index (χ4v) is 2.79. The van der Waals surface area contributed by atoms with E-state index in [0.717, 1.165) is 6.42 Å².